The van der Waals surface area contributed by atoms with Crippen molar-refractivity contribution >= 4 is 17.9 Å². The average molecular weight is 278 g/mol. The third-order valence-corrected chi connectivity index (χ3v) is 2.58. The van der Waals surface area contributed by atoms with Crippen molar-refractivity contribution in [2.45, 2.75) is 32.2 Å². The van der Waals surface area contributed by atoms with E-state index in [1.807, 2.05) is 37.3 Å². The minimum absolute atomic E-state index is 0.135. The Morgan fingerprint density at radius 3 is 2.40 bits per heavy atom. The molecule has 3 N–H and O–H groups in total. The minimum atomic E-state index is -1.07. The molecular weight excluding hydrogens is 260 g/mol. The van der Waals surface area contributed by atoms with Crippen LogP contribution in [-0.4, -0.2) is 29.1 Å². The van der Waals surface area contributed by atoms with Crippen molar-refractivity contribution in [1.29, 1.82) is 0 Å². The SMILES string of the molecule is CC(Cc1ccccc1)NC(=O)NC(=O)CCC(=O)O. The Balaban J connectivity index is 2.31. The molecule has 1 rings (SSSR count). The van der Waals surface area contributed by atoms with E-state index in [0.29, 0.717) is 6.42 Å². The lowest BCUT2D eigenvalue weighted by Gasteiger charge is -2.14. The van der Waals surface area contributed by atoms with E-state index in [1.165, 1.54) is 0 Å². The topological polar surface area (TPSA) is 95.5 Å². The van der Waals surface area contributed by atoms with Gasteiger partial charge in [-0.15, -0.1) is 0 Å². The molecule has 0 radical (unpaired) electrons. The van der Waals surface area contributed by atoms with Gasteiger partial charge in [0.2, 0.25) is 5.91 Å². The van der Waals surface area contributed by atoms with Crippen molar-refractivity contribution < 1.29 is 19.5 Å². The minimum Gasteiger partial charge on any atom is -0.481 e. The van der Waals surface area contributed by atoms with Crippen molar-refractivity contribution in [3.63, 3.8) is 0 Å². The van der Waals surface area contributed by atoms with Gasteiger partial charge in [0.1, 0.15) is 0 Å². The fraction of sp³-hybridized carbons (Fsp3) is 0.357. The van der Waals surface area contributed by atoms with Gasteiger partial charge in [-0.1, -0.05) is 30.3 Å². The van der Waals surface area contributed by atoms with Gasteiger partial charge in [0, 0.05) is 12.5 Å². The van der Waals surface area contributed by atoms with E-state index in [4.69, 9.17) is 5.11 Å². The zero-order valence-electron chi connectivity index (χ0n) is 11.3. The van der Waals surface area contributed by atoms with Crippen LogP contribution in [0.2, 0.25) is 0 Å². The molecule has 0 saturated heterocycles. The van der Waals surface area contributed by atoms with Crippen LogP contribution in [0.4, 0.5) is 4.79 Å². The van der Waals surface area contributed by atoms with Crippen LogP contribution in [0.5, 0.6) is 0 Å². The van der Waals surface area contributed by atoms with Crippen LogP contribution in [0.15, 0.2) is 30.3 Å². The molecule has 6 heteroatoms. The maximum atomic E-state index is 11.5. The van der Waals surface area contributed by atoms with Gasteiger partial charge in [-0.25, -0.2) is 4.79 Å². The second-order valence-electron chi connectivity index (χ2n) is 4.51. The van der Waals surface area contributed by atoms with E-state index in [9.17, 15) is 14.4 Å². The highest BCUT2D eigenvalue weighted by Crippen LogP contribution is 2.02. The van der Waals surface area contributed by atoms with Crippen molar-refractivity contribution in [3.8, 4) is 0 Å². The number of rotatable bonds is 6. The summed E-state index contributed by atoms with van der Waals surface area (Å²) in [5, 5.41) is 13.2. The Hall–Kier alpha value is -2.37. The molecule has 0 aliphatic rings. The van der Waals surface area contributed by atoms with Gasteiger partial charge in [-0.3, -0.25) is 14.9 Å². The van der Waals surface area contributed by atoms with E-state index in [-0.39, 0.29) is 18.9 Å². The number of imide groups is 1. The molecule has 0 fully saturated rings. The molecule has 20 heavy (non-hydrogen) atoms. The number of hydrogen-bond acceptors (Lipinski definition) is 3. The number of urea groups is 1. The third-order valence-electron chi connectivity index (χ3n) is 2.58. The van der Waals surface area contributed by atoms with E-state index in [2.05, 4.69) is 10.6 Å². The standard InChI is InChI=1S/C14H18N2O4/c1-10(9-11-5-3-2-4-6-11)15-14(20)16-12(17)7-8-13(18)19/h2-6,10H,7-9H2,1H3,(H,18,19)(H2,15,16,17,20). The molecule has 1 aromatic rings. The lowest BCUT2D eigenvalue weighted by atomic mass is 10.1. The summed E-state index contributed by atoms with van der Waals surface area (Å²) in [6.07, 6.45) is 0.145. The highest BCUT2D eigenvalue weighted by Gasteiger charge is 2.12. The summed E-state index contributed by atoms with van der Waals surface area (Å²) < 4.78 is 0. The highest BCUT2D eigenvalue weighted by molar-refractivity contribution is 5.95. The van der Waals surface area contributed by atoms with Gasteiger partial charge in [-0.2, -0.15) is 0 Å². The molecule has 1 atom stereocenters. The molecule has 0 bridgehead atoms. The molecule has 6 nitrogen and oxygen atoms in total. The summed E-state index contributed by atoms with van der Waals surface area (Å²) in [7, 11) is 0. The maximum absolute atomic E-state index is 11.5. The van der Waals surface area contributed by atoms with Gasteiger partial charge >= 0.3 is 12.0 Å². The molecule has 0 spiro atoms. The lowest BCUT2D eigenvalue weighted by molar-refractivity contribution is -0.138. The van der Waals surface area contributed by atoms with Gasteiger partial charge in [0.15, 0.2) is 0 Å². The number of aliphatic carboxylic acids is 1. The van der Waals surface area contributed by atoms with Crippen molar-refractivity contribution in [3.05, 3.63) is 35.9 Å². The Bertz CT molecular complexity index is 473. The number of carboxylic acids is 1. The van der Waals surface area contributed by atoms with Crippen LogP contribution >= 0.6 is 0 Å². The predicted molar refractivity (Wildman–Crippen MR) is 73.2 cm³/mol. The van der Waals surface area contributed by atoms with E-state index in [1.54, 1.807) is 0 Å². The number of nitrogens with one attached hydrogen (secondary N) is 2. The normalized spacial score (nSPS) is 11.4. The second kappa shape index (κ2) is 7.93. The Morgan fingerprint density at radius 2 is 1.80 bits per heavy atom. The molecule has 0 saturated carbocycles. The number of carboxylic acid groups (broad SMARTS) is 1. The maximum Gasteiger partial charge on any atom is 0.321 e. The summed E-state index contributed by atoms with van der Waals surface area (Å²) in [5.74, 6) is -1.67. The Labute approximate surface area is 117 Å². The molecule has 1 aromatic carbocycles. The molecular formula is C14H18N2O4. The third kappa shape index (κ3) is 6.53. The zero-order chi connectivity index (χ0) is 15.0. The molecule has 0 aliphatic carbocycles. The Kier molecular flexibility index (Phi) is 6.22. The van der Waals surface area contributed by atoms with Crippen LogP contribution < -0.4 is 10.6 Å². The first-order chi connectivity index (χ1) is 9.47. The Morgan fingerprint density at radius 1 is 1.15 bits per heavy atom. The van der Waals surface area contributed by atoms with Crippen molar-refractivity contribution in [1.82, 2.24) is 10.6 Å². The van der Waals surface area contributed by atoms with Gasteiger partial charge < -0.3 is 10.4 Å². The molecule has 108 valence electrons. The number of carbonyl (C=O) groups is 3. The van der Waals surface area contributed by atoms with E-state index >= 15 is 0 Å². The van der Waals surface area contributed by atoms with Crippen LogP contribution in [0, 0.1) is 0 Å². The monoisotopic (exact) mass is 278 g/mol. The largest absolute Gasteiger partial charge is 0.481 e. The molecule has 1 unspecified atom stereocenters. The van der Waals surface area contributed by atoms with Crippen molar-refractivity contribution in [2.24, 2.45) is 0 Å². The molecule has 0 aliphatic heterocycles. The first-order valence-electron chi connectivity index (χ1n) is 6.33. The van der Waals surface area contributed by atoms with E-state index < -0.39 is 17.9 Å². The number of benzene rings is 1. The summed E-state index contributed by atoms with van der Waals surface area (Å²) in [5.41, 5.74) is 1.08. The number of hydrogen-bond donors (Lipinski definition) is 3. The van der Waals surface area contributed by atoms with Crippen LogP contribution in [-0.2, 0) is 16.0 Å². The van der Waals surface area contributed by atoms with Crippen LogP contribution in [0.1, 0.15) is 25.3 Å². The quantitative estimate of drug-likeness (QED) is 0.731. The van der Waals surface area contributed by atoms with Gasteiger partial charge in [0.25, 0.3) is 0 Å². The smallest absolute Gasteiger partial charge is 0.321 e. The summed E-state index contributed by atoms with van der Waals surface area (Å²) in [6.45, 7) is 1.83. The summed E-state index contributed by atoms with van der Waals surface area (Å²) in [6, 6.07) is 8.90. The molecule has 3 amide bonds. The number of carbonyl (C=O) groups excluding carboxylic acids is 2. The van der Waals surface area contributed by atoms with E-state index in [0.717, 1.165) is 5.56 Å². The zero-order valence-corrected chi connectivity index (χ0v) is 11.3. The van der Waals surface area contributed by atoms with Gasteiger partial charge in [0.05, 0.1) is 6.42 Å². The predicted octanol–water partition coefficient (Wildman–Crippen LogP) is 1.31. The van der Waals surface area contributed by atoms with Crippen LogP contribution in [0.3, 0.4) is 0 Å². The fourth-order valence-electron chi connectivity index (χ4n) is 1.69. The first-order valence-corrected chi connectivity index (χ1v) is 6.33. The van der Waals surface area contributed by atoms with Crippen LogP contribution in [0.25, 0.3) is 0 Å². The van der Waals surface area contributed by atoms with Crippen molar-refractivity contribution in [2.75, 3.05) is 0 Å². The average Bonchev–Trinajstić information content (AvgIpc) is 2.37. The summed E-state index contributed by atoms with van der Waals surface area (Å²) >= 11 is 0. The molecule has 0 heterocycles. The highest BCUT2D eigenvalue weighted by atomic mass is 16.4. The van der Waals surface area contributed by atoms with Gasteiger partial charge in [-0.05, 0) is 18.9 Å². The number of amides is 3. The lowest BCUT2D eigenvalue weighted by Crippen LogP contribution is -2.44. The summed E-state index contributed by atoms with van der Waals surface area (Å²) in [4.78, 5) is 33.1. The first kappa shape index (κ1) is 15.7. The molecule has 0 aromatic heterocycles. The fourth-order valence-corrected chi connectivity index (χ4v) is 1.69. The second-order valence-corrected chi connectivity index (χ2v) is 4.51.